The molecule has 0 saturated heterocycles. The molecule has 0 aliphatic rings. The summed E-state index contributed by atoms with van der Waals surface area (Å²) in [5.41, 5.74) is 0. The molecule has 134 valence electrons. The molecule has 0 unspecified atom stereocenters. The van der Waals surface area contributed by atoms with Crippen LogP contribution >= 0.6 is 23.2 Å². The van der Waals surface area contributed by atoms with Gasteiger partial charge in [-0.3, -0.25) is 9.12 Å². The molecule has 24 heavy (non-hydrogen) atoms. The van der Waals surface area contributed by atoms with Crippen molar-refractivity contribution >= 4 is 38.7 Å². The van der Waals surface area contributed by atoms with Crippen LogP contribution in [0.4, 0.5) is 0 Å². The minimum absolute atomic E-state index is 0. The van der Waals surface area contributed by atoms with Gasteiger partial charge in [-0.15, -0.1) is 0 Å². The molecule has 12 nitrogen and oxygen atoms in total. The van der Waals surface area contributed by atoms with Crippen LogP contribution < -0.4 is 5.30 Å². The first-order chi connectivity index (χ1) is 9.64. The van der Waals surface area contributed by atoms with E-state index >= 15 is 0 Å². The maximum atomic E-state index is 12.3. The quantitative estimate of drug-likeness (QED) is 0.222. The van der Waals surface area contributed by atoms with Crippen molar-refractivity contribution < 1.29 is 107 Å². The maximum Gasteiger partial charge on any atom is 0.477 e. The van der Waals surface area contributed by atoms with Crippen molar-refractivity contribution in [1.82, 2.24) is 0 Å². The predicted molar refractivity (Wildman–Crippen MR) is 69.8 cm³/mol. The molecule has 0 atom stereocenters. The molecule has 0 aliphatic heterocycles. The Morgan fingerprint density at radius 3 is 1.54 bits per heavy atom. The Balaban J connectivity index is 0. The van der Waals surface area contributed by atoms with Crippen molar-refractivity contribution in [3.8, 4) is 0 Å². The Labute approximate surface area is 174 Å². The Kier molecular flexibility index (Phi) is 10.9. The van der Waals surface area contributed by atoms with E-state index in [0.717, 1.165) is 12.1 Å². The number of hydrogen-bond acceptors (Lipinski definition) is 7. The topological polar surface area (TPSA) is 205 Å². The summed E-state index contributed by atoms with van der Waals surface area (Å²) in [6, 6.07) is 3.33. The second-order valence-corrected chi connectivity index (χ2v) is 9.72. The van der Waals surface area contributed by atoms with Crippen molar-refractivity contribution in [3.05, 3.63) is 24.3 Å². The first kappa shape index (κ1) is 27.6. The van der Waals surface area contributed by atoms with Crippen LogP contribution in [0.1, 0.15) is 0 Å². The van der Waals surface area contributed by atoms with E-state index < -0.39 is 43.6 Å². The molecular weight excluding hydrogens is 571 g/mol. The third-order valence-electron chi connectivity index (χ3n) is 1.87. The molecule has 18 heteroatoms. The van der Waals surface area contributed by atoms with Gasteiger partial charge in [0.2, 0.25) is 0 Å². The van der Waals surface area contributed by atoms with Gasteiger partial charge in [0.1, 0.15) is 4.90 Å². The second kappa shape index (κ2) is 9.51. The molecule has 0 radical (unpaired) electrons. The summed E-state index contributed by atoms with van der Waals surface area (Å²) >= 11 is 0. The number of phosphoric acid groups is 2. The molecule has 0 saturated carbocycles. The molecule has 0 bridgehead atoms. The summed E-state index contributed by atoms with van der Waals surface area (Å²) < 4.78 is 72.8. The standard InChI is InChI=1S/C6H9O12P3S.2Zr/c7-19(17-20(8,9)10,18-21(11,12)13)5-3-1-2-4-6(5)22(14,15)16;;/h1-4H,(H2,8,9,10)(H2,11,12,13)(H,14,15,16);;. The normalized spacial score (nSPS) is 12.9. The monoisotopic (exact) mass is 578 g/mol. The summed E-state index contributed by atoms with van der Waals surface area (Å²) in [5, 5.41) is -1.16. The average molecular weight is 581 g/mol. The number of hydrogen-bond donors (Lipinski definition) is 5. The molecule has 0 aromatic heterocycles. The van der Waals surface area contributed by atoms with Gasteiger partial charge < -0.3 is 19.6 Å². The van der Waals surface area contributed by atoms with Crippen molar-refractivity contribution in [3.63, 3.8) is 0 Å². The van der Waals surface area contributed by atoms with Gasteiger partial charge in [-0.05, 0) is 12.1 Å². The van der Waals surface area contributed by atoms with Gasteiger partial charge in [-0.25, -0.2) is 17.8 Å². The van der Waals surface area contributed by atoms with Gasteiger partial charge in [-0.1, -0.05) is 12.1 Å². The van der Waals surface area contributed by atoms with E-state index in [1.807, 2.05) is 0 Å². The maximum absolute atomic E-state index is 12.3. The van der Waals surface area contributed by atoms with Crippen LogP contribution in [0.5, 0.6) is 0 Å². The summed E-state index contributed by atoms with van der Waals surface area (Å²) in [7, 11) is -21.8. The molecule has 5 N–H and O–H groups in total. The van der Waals surface area contributed by atoms with Crippen LogP contribution in [-0.4, -0.2) is 32.5 Å². The molecule has 0 aliphatic carbocycles. The molecular formula is C6H9O12P3SZr2. The third kappa shape index (κ3) is 8.82. The van der Waals surface area contributed by atoms with Gasteiger partial charge in [0.05, 0.1) is 5.30 Å². The van der Waals surface area contributed by atoms with Crippen molar-refractivity contribution in [2.24, 2.45) is 0 Å². The molecule has 1 aromatic rings. The molecule has 0 heterocycles. The summed E-state index contributed by atoms with van der Waals surface area (Å²) in [5.74, 6) is 0. The Bertz CT molecular complexity index is 784. The fourth-order valence-corrected chi connectivity index (χ4v) is 6.49. The van der Waals surface area contributed by atoms with E-state index in [1.54, 1.807) is 0 Å². The number of benzene rings is 1. The van der Waals surface area contributed by atoms with Crippen LogP contribution in [0.3, 0.4) is 0 Å². The Hall–Kier alpha value is 1.35. The van der Waals surface area contributed by atoms with Gasteiger partial charge in [0, 0.05) is 52.4 Å². The summed E-state index contributed by atoms with van der Waals surface area (Å²) in [6.45, 7) is 0. The number of rotatable bonds is 6. The Morgan fingerprint density at radius 2 is 1.21 bits per heavy atom. The first-order valence-corrected chi connectivity index (χ1v) is 10.9. The zero-order chi connectivity index (χ0) is 17.4. The fraction of sp³-hybridized carbons (Fsp3) is 0. The van der Waals surface area contributed by atoms with Crippen LogP contribution in [0.15, 0.2) is 29.2 Å². The smallest absolute Gasteiger partial charge is 0.302 e. The summed E-state index contributed by atoms with van der Waals surface area (Å²) in [6.07, 6.45) is 0. The van der Waals surface area contributed by atoms with Gasteiger partial charge in [-0.2, -0.15) is 8.42 Å². The van der Waals surface area contributed by atoms with Crippen molar-refractivity contribution in [1.29, 1.82) is 0 Å². The molecule has 0 fully saturated rings. The Morgan fingerprint density at radius 1 is 0.833 bits per heavy atom. The molecule has 0 amide bonds. The van der Waals surface area contributed by atoms with Gasteiger partial charge >= 0.3 is 23.2 Å². The minimum atomic E-state index is -5.62. The van der Waals surface area contributed by atoms with Crippen LogP contribution in [0.2, 0.25) is 0 Å². The van der Waals surface area contributed by atoms with E-state index in [9.17, 15) is 22.1 Å². The first-order valence-electron chi connectivity index (χ1n) is 4.85. The van der Waals surface area contributed by atoms with Crippen LogP contribution in [0.25, 0.3) is 0 Å². The van der Waals surface area contributed by atoms with Gasteiger partial charge in [0.25, 0.3) is 10.1 Å². The average Bonchev–Trinajstić information content (AvgIpc) is 2.22. The van der Waals surface area contributed by atoms with Crippen molar-refractivity contribution in [2.75, 3.05) is 0 Å². The van der Waals surface area contributed by atoms with E-state index in [0.29, 0.717) is 12.1 Å². The minimum Gasteiger partial charge on any atom is -0.302 e. The fourth-order valence-electron chi connectivity index (χ4n) is 1.28. The largest absolute Gasteiger partial charge is 0.477 e. The van der Waals surface area contributed by atoms with Crippen molar-refractivity contribution in [2.45, 2.75) is 4.90 Å². The van der Waals surface area contributed by atoms with E-state index in [4.69, 9.17) is 24.1 Å². The van der Waals surface area contributed by atoms with Crippen LogP contribution in [-0.2, 0) is 84.8 Å². The van der Waals surface area contributed by atoms with E-state index in [1.165, 1.54) is 0 Å². The second-order valence-electron chi connectivity index (χ2n) is 3.58. The molecule has 1 rings (SSSR count). The van der Waals surface area contributed by atoms with E-state index in [-0.39, 0.29) is 52.4 Å². The van der Waals surface area contributed by atoms with E-state index in [2.05, 4.69) is 8.62 Å². The third-order valence-corrected chi connectivity index (χ3v) is 7.33. The molecule has 0 spiro atoms. The molecule has 1 aromatic carbocycles. The predicted octanol–water partition coefficient (Wildman–Crippen LogP) is -0.0347. The SMILES string of the molecule is O=P(O)(O)OP(=O)(OP(=O)(O)O)c1ccccc1S(=O)(=O)O.[Zr].[Zr]. The van der Waals surface area contributed by atoms with Crippen LogP contribution in [0, 0.1) is 0 Å². The summed E-state index contributed by atoms with van der Waals surface area (Å²) in [4.78, 5) is 33.5. The zero-order valence-corrected chi connectivity index (χ0v) is 19.6. The zero-order valence-electron chi connectivity index (χ0n) is 11.2. The van der Waals surface area contributed by atoms with Gasteiger partial charge in [0.15, 0.2) is 0 Å².